The fourth-order valence-corrected chi connectivity index (χ4v) is 2.73. The van der Waals surface area contributed by atoms with Gasteiger partial charge < -0.3 is 9.84 Å². The summed E-state index contributed by atoms with van der Waals surface area (Å²) >= 11 is 0. The Morgan fingerprint density at radius 3 is 2.73 bits per heavy atom. The summed E-state index contributed by atoms with van der Waals surface area (Å²) in [5, 5.41) is 22.9. The van der Waals surface area contributed by atoms with Gasteiger partial charge in [-0.1, -0.05) is 12.1 Å². The molecule has 2 aromatic rings. The highest BCUT2D eigenvalue weighted by molar-refractivity contribution is 5.90. The van der Waals surface area contributed by atoms with Gasteiger partial charge in [0.25, 0.3) is 0 Å². The van der Waals surface area contributed by atoms with Gasteiger partial charge in [0, 0.05) is 17.7 Å². The van der Waals surface area contributed by atoms with Crippen LogP contribution in [0.3, 0.4) is 0 Å². The molecule has 1 N–H and O–H groups in total. The second-order valence-corrected chi connectivity index (χ2v) is 5.28. The van der Waals surface area contributed by atoms with Crippen LogP contribution in [-0.4, -0.2) is 34.1 Å². The van der Waals surface area contributed by atoms with E-state index in [-0.39, 0.29) is 11.7 Å². The summed E-state index contributed by atoms with van der Waals surface area (Å²) in [4.78, 5) is 11.6. The third-order valence-electron chi connectivity index (χ3n) is 3.89. The van der Waals surface area contributed by atoms with Crippen molar-refractivity contribution in [2.75, 3.05) is 13.2 Å². The van der Waals surface area contributed by atoms with E-state index < -0.39 is 5.97 Å². The van der Waals surface area contributed by atoms with E-state index in [9.17, 15) is 9.90 Å². The second kappa shape index (κ2) is 5.62. The molecule has 1 aromatic carbocycles. The van der Waals surface area contributed by atoms with Crippen LogP contribution in [0.15, 0.2) is 24.3 Å². The molecule has 3 rings (SSSR count). The van der Waals surface area contributed by atoms with Crippen molar-refractivity contribution in [3.8, 4) is 17.3 Å². The van der Waals surface area contributed by atoms with Gasteiger partial charge in [-0.15, -0.1) is 0 Å². The number of rotatable bonds is 3. The van der Waals surface area contributed by atoms with Crippen LogP contribution < -0.4 is 0 Å². The molecular weight excluding hydrogens is 282 g/mol. The molecular formula is C16H15N3O3. The number of carboxylic acid groups (broad SMARTS) is 1. The van der Waals surface area contributed by atoms with Crippen molar-refractivity contribution in [2.24, 2.45) is 0 Å². The first-order chi connectivity index (χ1) is 10.6. The van der Waals surface area contributed by atoms with Gasteiger partial charge in [-0.25, -0.2) is 4.79 Å². The number of nitrogens with zero attached hydrogens (tertiary/aromatic N) is 3. The zero-order valence-electron chi connectivity index (χ0n) is 12.1. The van der Waals surface area contributed by atoms with E-state index in [1.54, 1.807) is 35.9 Å². The van der Waals surface area contributed by atoms with Crippen LogP contribution in [-0.2, 0) is 4.74 Å². The summed E-state index contributed by atoms with van der Waals surface area (Å²) in [6.07, 6.45) is 0.758. The Bertz CT molecular complexity index is 750. The molecule has 1 atom stereocenters. The monoisotopic (exact) mass is 297 g/mol. The number of aromatic carboxylic acids is 1. The molecule has 0 bridgehead atoms. The molecule has 0 spiro atoms. The smallest absolute Gasteiger partial charge is 0.354 e. The van der Waals surface area contributed by atoms with Gasteiger partial charge in [0.2, 0.25) is 0 Å². The van der Waals surface area contributed by atoms with Gasteiger partial charge in [0.05, 0.1) is 30.0 Å². The van der Waals surface area contributed by atoms with Gasteiger partial charge in [0.15, 0.2) is 0 Å². The first kappa shape index (κ1) is 14.3. The Kier molecular flexibility index (Phi) is 3.65. The molecule has 1 aliphatic heterocycles. The van der Waals surface area contributed by atoms with Crippen LogP contribution in [0.2, 0.25) is 0 Å². The minimum atomic E-state index is -0.989. The quantitative estimate of drug-likeness (QED) is 0.939. The minimum Gasteiger partial charge on any atom is -0.477 e. The molecule has 22 heavy (non-hydrogen) atoms. The van der Waals surface area contributed by atoms with Gasteiger partial charge in [-0.3, -0.25) is 4.68 Å². The maximum absolute atomic E-state index is 11.6. The lowest BCUT2D eigenvalue weighted by molar-refractivity contribution is 0.0678. The number of carboxylic acids is 1. The molecule has 6 nitrogen and oxygen atoms in total. The molecule has 1 fully saturated rings. The first-order valence-electron chi connectivity index (χ1n) is 7.02. The SMILES string of the molecule is Cc1c(-c2ccc(C#N)cc2)nn(C2CCOC2)c1C(=O)O. The van der Waals surface area contributed by atoms with E-state index in [1.165, 1.54) is 0 Å². The topological polar surface area (TPSA) is 88.1 Å². The molecule has 0 saturated carbocycles. The van der Waals surface area contributed by atoms with Crippen molar-refractivity contribution >= 4 is 5.97 Å². The normalized spacial score (nSPS) is 17.4. The summed E-state index contributed by atoms with van der Waals surface area (Å²) in [7, 11) is 0. The Labute approximate surface area is 127 Å². The van der Waals surface area contributed by atoms with Crippen LogP contribution in [0, 0.1) is 18.3 Å². The van der Waals surface area contributed by atoms with Gasteiger partial charge in [0.1, 0.15) is 5.69 Å². The highest BCUT2D eigenvalue weighted by Crippen LogP contribution is 2.29. The zero-order valence-corrected chi connectivity index (χ0v) is 12.1. The van der Waals surface area contributed by atoms with Crippen molar-refractivity contribution in [1.29, 1.82) is 5.26 Å². The molecule has 1 aromatic heterocycles. The fourth-order valence-electron chi connectivity index (χ4n) is 2.73. The summed E-state index contributed by atoms with van der Waals surface area (Å²) in [6, 6.07) is 9.00. The van der Waals surface area contributed by atoms with E-state index >= 15 is 0 Å². The average molecular weight is 297 g/mol. The summed E-state index contributed by atoms with van der Waals surface area (Å²) < 4.78 is 6.91. The molecule has 1 aliphatic rings. The molecule has 6 heteroatoms. The number of ether oxygens (including phenoxy) is 1. The van der Waals surface area contributed by atoms with Gasteiger partial charge in [-0.05, 0) is 25.5 Å². The molecule has 1 unspecified atom stereocenters. The average Bonchev–Trinajstić information content (AvgIpc) is 3.14. The van der Waals surface area contributed by atoms with E-state index in [0.717, 1.165) is 12.0 Å². The molecule has 2 heterocycles. The number of hydrogen-bond donors (Lipinski definition) is 1. The first-order valence-corrected chi connectivity index (χ1v) is 7.02. The summed E-state index contributed by atoms with van der Waals surface area (Å²) in [5.74, 6) is -0.989. The fraction of sp³-hybridized carbons (Fsp3) is 0.312. The Morgan fingerprint density at radius 2 is 2.18 bits per heavy atom. The van der Waals surface area contributed by atoms with Crippen LogP contribution in [0.25, 0.3) is 11.3 Å². The number of carbonyl (C=O) groups is 1. The van der Waals surface area contributed by atoms with Crippen LogP contribution in [0.4, 0.5) is 0 Å². The largest absolute Gasteiger partial charge is 0.477 e. The maximum Gasteiger partial charge on any atom is 0.354 e. The van der Waals surface area contributed by atoms with Crippen LogP contribution in [0.5, 0.6) is 0 Å². The predicted octanol–water partition coefficient (Wildman–Crippen LogP) is 2.39. The molecule has 1 saturated heterocycles. The summed E-state index contributed by atoms with van der Waals surface area (Å²) in [5.41, 5.74) is 2.83. The number of nitriles is 1. The van der Waals surface area contributed by atoms with Crippen molar-refractivity contribution in [2.45, 2.75) is 19.4 Å². The minimum absolute atomic E-state index is 0.0445. The third-order valence-corrected chi connectivity index (χ3v) is 3.89. The lowest BCUT2D eigenvalue weighted by Crippen LogP contribution is -2.17. The highest BCUT2D eigenvalue weighted by atomic mass is 16.5. The Hall–Kier alpha value is -2.65. The molecule has 0 aliphatic carbocycles. The zero-order chi connectivity index (χ0) is 15.7. The lowest BCUT2D eigenvalue weighted by atomic mass is 10.1. The van der Waals surface area contributed by atoms with E-state index in [0.29, 0.717) is 30.0 Å². The Balaban J connectivity index is 2.09. The number of hydrogen-bond acceptors (Lipinski definition) is 4. The predicted molar refractivity (Wildman–Crippen MR) is 78.5 cm³/mol. The van der Waals surface area contributed by atoms with Crippen molar-refractivity contribution < 1.29 is 14.6 Å². The summed E-state index contributed by atoms with van der Waals surface area (Å²) in [6.45, 7) is 2.86. The molecule has 0 radical (unpaired) electrons. The van der Waals surface area contributed by atoms with Crippen molar-refractivity contribution in [3.63, 3.8) is 0 Å². The number of aromatic nitrogens is 2. The van der Waals surface area contributed by atoms with Crippen LogP contribution in [0.1, 0.15) is 34.1 Å². The second-order valence-electron chi connectivity index (χ2n) is 5.28. The highest BCUT2D eigenvalue weighted by Gasteiger charge is 2.28. The van der Waals surface area contributed by atoms with E-state index in [2.05, 4.69) is 11.2 Å². The molecule has 0 amide bonds. The van der Waals surface area contributed by atoms with Gasteiger partial charge in [-0.2, -0.15) is 10.4 Å². The Morgan fingerprint density at radius 1 is 1.45 bits per heavy atom. The lowest BCUT2D eigenvalue weighted by Gasteiger charge is -2.10. The van der Waals surface area contributed by atoms with Crippen LogP contribution >= 0.6 is 0 Å². The third kappa shape index (κ3) is 2.36. The van der Waals surface area contributed by atoms with E-state index in [1.807, 2.05) is 0 Å². The molecule has 112 valence electrons. The van der Waals surface area contributed by atoms with E-state index in [4.69, 9.17) is 10.00 Å². The van der Waals surface area contributed by atoms with Gasteiger partial charge >= 0.3 is 5.97 Å². The number of benzene rings is 1. The standard InChI is InChI=1S/C16H15N3O3/c1-10-14(12-4-2-11(8-17)3-5-12)18-19(15(10)16(20)21)13-6-7-22-9-13/h2-5,13H,6-7,9H2,1H3,(H,20,21). The maximum atomic E-state index is 11.6. The van der Waals surface area contributed by atoms with Crippen molar-refractivity contribution in [1.82, 2.24) is 9.78 Å². The van der Waals surface area contributed by atoms with Crippen molar-refractivity contribution in [3.05, 3.63) is 41.1 Å².